The van der Waals surface area contributed by atoms with E-state index in [1.807, 2.05) is 0 Å². The predicted molar refractivity (Wildman–Crippen MR) is 436 cm³/mol. The van der Waals surface area contributed by atoms with Crippen molar-refractivity contribution in [2.24, 2.45) is 0 Å². The molecule has 5 atom stereocenters. The number of hydrogen-bond donors (Lipinski definition) is 3. The standard InChI is InChI=1S/C87H152O17P2/c1-5-9-13-17-21-25-29-33-36-38-40-42-45-48-51-55-59-63-67-71-84(89)97-77-82(103-86(91)73-69-65-61-57-53-47-32-28-24-20-16-12-8-4)79-101-105(93,94)99-75-81(88)76-100-106(95,96)102-80-83(104-87(92)74-70-66-62-58-54-50-44-35-31-27-23-19-15-11-7-3)78-98-85(90)72-68-64-60-56-52-49-46-43-41-39-37-34-30-26-22-18-14-10-6-2/h9-10,13-14,21-22,25-26,33-34,36-37,40-43,49,52,81-83,88H,5-8,11-12,15-20,23-24,27-32,35,38-39,44-48,50-51,53-80H2,1-4H3,(H,93,94)(H,95,96)/b13-9-,14-10-,25-21-,26-22-,36-33-,37-34-,42-40-,43-41-,52-49-. The second-order valence-corrected chi connectivity index (χ2v) is 30.9. The molecule has 0 aromatic heterocycles. The average Bonchev–Trinajstić information content (AvgIpc) is 0.933. The zero-order chi connectivity index (χ0) is 77.4. The predicted octanol–water partition coefficient (Wildman–Crippen LogP) is 24.9. The summed E-state index contributed by atoms with van der Waals surface area (Å²) in [6.07, 6.45) is 86.2. The van der Waals surface area contributed by atoms with E-state index in [9.17, 15) is 43.2 Å². The first-order valence-corrected chi connectivity index (χ1v) is 45.1. The number of esters is 4. The third kappa shape index (κ3) is 77.9. The fourth-order valence-electron chi connectivity index (χ4n) is 11.4. The van der Waals surface area contributed by atoms with Crippen LogP contribution in [0.2, 0.25) is 0 Å². The normalized spacial score (nSPS) is 14.4. The third-order valence-electron chi connectivity index (χ3n) is 17.8. The number of phosphoric acid groups is 2. The van der Waals surface area contributed by atoms with Crippen LogP contribution in [0.5, 0.6) is 0 Å². The van der Waals surface area contributed by atoms with Crippen LogP contribution >= 0.6 is 15.6 Å². The fourth-order valence-corrected chi connectivity index (χ4v) is 13.0. The number of allylic oxidation sites excluding steroid dienone is 18. The van der Waals surface area contributed by atoms with Crippen LogP contribution in [0.3, 0.4) is 0 Å². The molecule has 0 aromatic rings. The third-order valence-corrected chi connectivity index (χ3v) is 19.7. The summed E-state index contributed by atoms with van der Waals surface area (Å²) in [4.78, 5) is 73.2. The summed E-state index contributed by atoms with van der Waals surface area (Å²) in [7, 11) is -9.97. The van der Waals surface area contributed by atoms with Gasteiger partial charge in [-0.05, 0) is 109 Å². The maximum atomic E-state index is 13.1. The molecule has 17 nitrogen and oxygen atoms in total. The van der Waals surface area contributed by atoms with Crippen molar-refractivity contribution in [3.63, 3.8) is 0 Å². The Labute approximate surface area is 645 Å². The number of rotatable bonds is 79. The van der Waals surface area contributed by atoms with Crippen LogP contribution in [0.25, 0.3) is 0 Å². The molecule has 0 saturated heterocycles. The van der Waals surface area contributed by atoms with E-state index in [0.29, 0.717) is 25.7 Å². The Morgan fingerprint density at radius 2 is 0.491 bits per heavy atom. The number of unbranched alkanes of at least 4 members (excludes halogenated alkanes) is 35. The van der Waals surface area contributed by atoms with E-state index in [-0.39, 0.29) is 25.7 Å². The molecule has 0 saturated carbocycles. The lowest BCUT2D eigenvalue weighted by molar-refractivity contribution is -0.161. The molecule has 0 heterocycles. The smallest absolute Gasteiger partial charge is 0.462 e. The lowest BCUT2D eigenvalue weighted by Gasteiger charge is -2.21. The molecule has 5 unspecified atom stereocenters. The number of ether oxygens (including phenoxy) is 4. The molecule has 0 spiro atoms. The first-order chi connectivity index (χ1) is 51.7. The number of aliphatic hydroxyl groups excluding tert-OH is 1. The minimum atomic E-state index is -4.99. The number of carbonyl (C=O) groups excluding carboxylic acids is 4. The highest BCUT2D eigenvalue weighted by molar-refractivity contribution is 7.47. The zero-order valence-electron chi connectivity index (χ0n) is 67.1. The number of carbonyl (C=O) groups is 4. The molecule has 0 amide bonds. The molecular formula is C87H152O17P2. The van der Waals surface area contributed by atoms with Gasteiger partial charge in [-0.2, -0.15) is 0 Å². The van der Waals surface area contributed by atoms with Gasteiger partial charge in [0.1, 0.15) is 19.3 Å². The van der Waals surface area contributed by atoms with E-state index in [4.69, 9.17) is 37.0 Å². The van der Waals surface area contributed by atoms with Gasteiger partial charge in [0.2, 0.25) is 0 Å². The van der Waals surface area contributed by atoms with Crippen LogP contribution in [0.15, 0.2) is 109 Å². The maximum Gasteiger partial charge on any atom is 0.472 e. The monoisotopic (exact) mass is 1530 g/mol. The Bertz CT molecular complexity index is 2430. The van der Waals surface area contributed by atoms with Crippen LogP contribution in [0, 0.1) is 0 Å². The maximum absolute atomic E-state index is 13.1. The summed E-state index contributed by atoms with van der Waals surface area (Å²) in [5.41, 5.74) is 0. The van der Waals surface area contributed by atoms with E-state index in [1.165, 1.54) is 116 Å². The topological polar surface area (TPSA) is 237 Å². The van der Waals surface area contributed by atoms with E-state index in [0.717, 1.165) is 167 Å². The van der Waals surface area contributed by atoms with Gasteiger partial charge in [0.15, 0.2) is 12.2 Å². The second-order valence-electron chi connectivity index (χ2n) is 28.0. The molecule has 0 bridgehead atoms. The summed E-state index contributed by atoms with van der Waals surface area (Å²) in [6, 6.07) is 0. The molecule has 0 radical (unpaired) electrons. The average molecular weight is 1530 g/mol. The van der Waals surface area contributed by atoms with Crippen molar-refractivity contribution >= 4 is 39.5 Å². The van der Waals surface area contributed by atoms with Crippen molar-refractivity contribution in [1.29, 1.82) is 0 Å². The lowest BCUT2D eigenvalue weighted by atomic mass is 10.0. The van der Waals surface area contributed by atoms with Crippen LogP contribution in [0.4, 0.5) is 0 Å². The molecular weight excluding hydrogens is 1380 g/mol. The number of hydrogen-bond acceptors (Lipinski definition) is 15. The van der Waals surface area contributed by atoms with Gasteiger partial charge < -0.3 is 33.8 Å². The molecule has 0 aromatic carbocycles. The van der Waals surface area contributed by atoms with Gasteiger partial charge in [-0.25, -0.2) is 9.13 Å². The van der Waals surface area contributed by atoms with Gasteiger partial charge in [0.05, 0.1) is 26.4 Å². The van der Waals surface area contributed by atoms with Gasteiger partial charge in [-0.3, -0.25) is 37.3 Å². The Hall–Kier alpha value is -4.28. The van der Waals surface area contributed by atoms with Crippen molar-refractivity contribution in [3.8, 4) is 0 Å². The molecule has 0 aliphatic heterocycles. The molecule has 19 heteroatoms. The highest BCUT2D eigenvalue weighted by Gasteiger charge is 2.30. The van der Waals surface area contributed by atoms with Crippen molar-refractivity contribution in [2.45, 2.75) is 380 Å². The van der Waals surface area contributed by atoms with E-state index < -0.39 is 97.5 Å². The summed E-state index contributed by atoms with van der Waals surface area (Å²) in [6.45, 7) is 4.66. The van der Waals surface area contributed by atoms with Crippen LogP contribution in [-0.2, 0) is 65.4 Å². The van der Waals surface area contributed by atoms with Crippen LogP contribution in [0.1, 0.15) is 362 Å². The summed E-state index contributed by atoms with van der Waals surface area (Å²) in [5, 5.41) is 10.7. The summed E-state index contributed by atoms with van der Waals surface area (Å²) < 4.78 is 68.7. The second kappa shape index (κ2) is 78.8. The molecule has 106 heavy (non-hydrogen) atoms. The molecule has 612 valence electrons. The largest absolute Gasteiger partial charge is 0.472 e. The minimum absolute atomic E-state index is 0.0904. The highest BCUT2D eigenvalue weighted by atomic mass is 31.2. The molecule has 0 aliphatic carbocycles. The van der Waals surface area contributed by atoms with Crippen molar-refractivity contribution in [3.05, 3.63) is 109 Å². The summed E-state index contributed by atoms with van der Waals surface area (Å²) >= 11 is 0. The van der Waals surface area contributed by atoms with E-state index in [1.54, 1.807) is 0 Å². The molecule has 0 aliphatic rings. The van der Waals surface area contributed by atoms with E-state index in [2.05, 4.69) is 137 Å². The van der Waals surface area contributed by atoms with Crippen molar-refractivity contribution < 1.29 is 80.2 Å². The van der Waals surface area contributed by atoms with Crippen molar-refractivity contribution in [1.82, 2.24) is 0 Å². The number of aliphatic hydroxyl groups is 1. The van der Waals surface area contributed by atoms with Gasteiger partial charge >= 0.3 is 39.5 Å². The Morgan fingerprint density at radius 1 is 0.274 bits per heavy atom. The Balaban J connectivity index is 5.36. The van der Waals surface area contributed by atoms with Crippen LogP contribution in [-0.4, -0.2) is 96.7 Å². The lowest BCUT2D eigenvalue weighted by Crippen LogP contribution is -2.30. The number of phosphoric ester groups is 2. The molecule has 3 N–H and O–H groups in total. The van der Waals surface area contributed by atoms with Gasteiger partial charge in [-0.1, -0.05) is 336 Å². The van der Waals surface area contributed by atoms with Gasteiger partial charge in [-0.15, -0.1) is 0 Å². The van der Waals surface area contributed by atoms with Crippen LogP contribution < -0.4 is 0 Å². The minimum Gasteiger partial charge on any atom is -0.462 e. The summed E-state index contributed by atoms with van der Waals surface area (Å²) in [5.74, 6) is -2.20. The van der Waals surface area contributed by atoms with Crippen molar-refractivity contribution in [2.75, 3.05) is 39.6 Å². The van der Waals surface area contributed by atoms with Gasteiger partial charge in [0.25, 0.3) is 0 Å². The zero-order valence-corrected chi connectivity index (χ0v) is 68.9. The fraction of sp³-hybridized carbons (Fsp3) is 0.747. The molecule has 0 rings (SSSR count). The van der Waals surface area contributed by atoms with Gasteiger partial charge in [0, 0.05) is 25.7 Å². The molecule has 0 fully saturated rings. The quantitative estimate of drug-likeness (QED) is 0.0169. The first-order valence-electron chi connectivity index (χ1n) is 42.1. The first kappa shape index (κ1) is 102. The highest BCUT2D eigenvalue weighted by Crippen LogP contribution is 2.45. The SMILES string of the molecule is CC/C=C\C/C=C\C/C=C\C/C=C\C/C=C\CCCCCC(=O)OCC(COP(=O)(O)OCC(O)COP(=O)(O)OCC(COC(=O)CCCCCCCC/C=C\C/C=C\C/C=C\C/C=C\CC)OC(=O)CCCCCCCCCCCCCCC)OC(=O)CCCCCCCCCCCCCCCCC. The Morgan fingerprint density at radius 3 is 0.764 bits per heavy atom. The van der Waals surface area contributed by atoms with E-state index >= 15 is 0 Å². The Kier molecular flexibility index (Phi) is 75.6.